The summed E-state index contributed by atoms with van der Waals surface area (Å²) in [6.45, 7) is 3.82. The van der Waals surface area contributed by atoms with Crippen molar-refractivity contribution < 1.29 is 14.3 Å². The van der Waals surface area contributed by atoms with Gasteiger partial charge in [0.1, 0.15) is 5.00 Å². The summed E-state index contributed by atoms with van der Waals surface area (Å²) in [6, 6.07) is 11.8. The minimum absolute atomic E-state index is 0.258. The number of rotatable bonds is 6. The minimum Gasteiger partial charge on any atom is -0.462 e. The lowest BCUT2D eigenvalue weighted by molar-refractivity contribution is -0.111. The zero-order chi connectivity index (χ0) is 16.7. The molecule has 0 aliphatic rings. The van der Waals surface area contributed by atoms with Gasteiger partial charge in [0.05, 0.1) is 12.2 Å². The van der Waals surface area contributed by atoms with Gasteiger partial charge >= 0.3 is 5.97 Å². The predicted octanol–water partition coefficient (Wildman–Crippen LogP) is 4.03. The molecule has 2 aromatic rings. The second-order valence-electron chi connectivity index (χ2n) is 4.83. The SMILES string of the molecule is C/C=C/C(=O)Nc1sc(Cc2ccccc2)cc1C(=O)OCC. The molecule has 1 aromatic carbocycles. The molecule has 0 aliphatic carbocycles. The van der Waals surface area contributed by atoms with Crippen LogP contribution in [0.4, 0.5) is 5.00 Å². The molecule has 1 aromatic heterocycles. The average molecular weight is 329 g/mol. The van der Waals surface area contributed by atoms with E-state index in [1.54, 1.807) is 26.0 Å². The summed E-state index contributed by atoms with van der Waals surface area (Å²) < 4.78 is 5.07. The maximum atomic E-state index is 12.1. The molecular weight excluding hydrogens is 310 g/mol. The van der Waals surface area contributed by atoms with Gasteiger partial charge in [-0.1, -0.05) is 36.4 Å². The number of hydrogen-bond donors (Lipinski definition) is 1. The van der Waals surface area contributed by atoms with E-state index in [1.165, 1.54) is 17.4 Å². The average Bonchev–Trinajstić information content (AvgIpc) is 2.91. The third-order valence-electron chi connectivity index (χ3n) is 3.05. The Morgan fingerprint density at radius 1 is 1.26 bits per heavy atom. The van der Waals surface area contributed by atoms with Crippen LogP contribution in [-0.4, -0.2) is 18.5 Å². The van der Waals surface area contributed by atoms with E-state index < -0.39 is 5.97 Å². The van der Waals surface area contributed by atoms with Crippen molar-refractivity contribution in [1.29, 1.82) is 0 Å². The van der Waals surface area contributed by atoms with Crippen molar-refractivity contribution in [1.82, 2.24) is 0 Å². The normalized spacial score (nSPS) is 10.7. The number of benzene rings is 1. The highest BCUT2D eigenvalue weighted by Crippen LogP contribution is 2.30. The van der Waals surface area contributed by atoms with Crippen LogP contribution in [0.25, 0.3) is 0 Å². The van der Waals surface area contributed by atoms with Gasteiger partial charge in [-0.2, -0.15) is 0 Å². The van der Waals surface area contributed by atoms with Gasteiger partial charge in [0.2, 0.25) is 5.91 Å². The lowest BCUT2D eigenvalue weighted by Crippen LogP contribution is -2.11. The van der Waals surface area contributed by atoms with Crippen LogP contribution >= 0.6 is 11.3 Å². The molecule has 0 aliphatic heterocycles. The lowest BCUT2D eigenvalue weighted by atomic mass is 10.1. The number of allylic oxidation sites excluding steroid dienone is 1. The van der Waals surface area contributed by atoms with E-state index >= 15 is 0 Å². The molecule has 0 radical (unpaired) electrons. The van der Waals surface area contributed by atoms with Crippen molar-refractivity contribution in [3.05, 3.63) is 64.6 Å². The second kappa shape index (κ2) is 8.29. The van der Waals surface area contributed by atoms with E-state index in [4.69, 9.17) is 4.74 Å². The molecule has 5 heteroatoms. The van der Waals surface area contributed by atoms with E-state index in [0.29, 0.717) is 23.6 Å². The maximum Gasteiger partial charge on any atom is 0.341 e. The summed E-state index contributed by atoms with van der Waals surface area (Å²) in [5.41, 5.74) is 1.55. The first-order valence-corrected chi connectivity index (χ1v) is 8.23. The molecule has 120 valence electrons. The van der Waals surface area contributed by atoms with Gasteiger partial charge in [-0.25, -0.2) is 4.79 Å². The fourth-order valence-corrected chi connectivity index (χ4v) is 3.17. The second-order valence-corrected chi connectivity index (χ2v) is 5.96. The van der Waals surface area contributed by atoms with Crippen molar-refractivity contribution in [3.63, 3.8) is 0 Å². The first kappa shape index (κ1) is 17.0. The molecule has 0 spiro atoms. The molecule has 1 heterocycles. The number of esters is 1. The van der Waals surface area contributed by atoms with Crippen molar-refractivity contribution in [2.75, 3.05) is 11.9 Å². The van der Waals surface area contributed by atoms with Gasteiger partial charge in [-0.3, -0.25) is 4.79 Å². The summed E-state index contributed by atoms with van der Waals surface area (Å²) in [5.74, 6) is -0.676. The highest BCUT2D eigenvalue weighted by molar-refractivity contribution is 7.16. The van der Waals surface area contributed by atoms with Crippen LogP contribution in [-0.2, 0) is 16.0 Å². The number of carbonyl (C=O) groups excluding carboxylic acids is 2. The summed E-state index contributed by atoms with van der Waals surface area (Å²) in [6.07, 6.45) is 3.78. The number of anilines is 1. The summed E-state index contributed by atoms with van der Waals surface area (Å²) in [5, 5.41) is 3.27. The number of carbonyl (C=O) groups is 2. The zero-order valence-electron chi connectivity index (χ0n) is 13.2. The summed E-state index contributed by atoms with van der Waals surface area (Å²) >= 11 is 1.40. The van der Waals surface area contributed by atoms with Crippen LogP contribution in [0.1, 0.15) is 34.6 Å². The molecule has 0 atom stereocenters. The third kappa shape index (κ3) is 4.79. The Hall–Kier alpha value is -2.40. The Labute approximate surface area is 139 Å². The van der Waals surface area contributed by atoms with E-state index in [-0.39, 0.29) is 5.91 Å². The molecule has 0 saturated carbocycles. The molecule has 0 unspecified atom stereocenters. The highest BCUT2D eigenvalue weighted by Gasteiger charge is 2.18. The van der Waals surface area contributed by atoms with Crippen molar-refractivity contribution in [2.45, 2.75) is 20.3 Å². The number of hydrogen-bond acceptors (Lipinski definition) is 4. The maximum absolute atomic E-state index is 12.1. The Balaban J connectivity index is 2.27. The van der Waals surface area contributed by atoms with Crippen molar-refractivity contribution >= 4 is 28.2 Å². The van der Waals surface area contributed by atoms with Crippen LogP contribution < -0.4 is 5.32 Å². The molecule has 4 nitrogen and oxygen atoms in total. The third-order valence-corrected chi connectivity index (χ3v) is 4.10. The molecule has 2 rings (SSSR count). The van der Waals surface area contributed by atoms with Gasteiger partial charge in [-0.15, -0.1) is 11.3 Å². The van der Waals surface area contributed by atoms with Crippen molar-refractivity contribution in [2.24, 2.45) is 0 Å². The van der Waals surface area contributed by atoms with Crippen LogP contribution in [0, 0.1) is 0 Å². The Bertz CT molecular complexity index is 704. The number of amides is 1. The Morgan fingerprint density at radius 2 is 2.00 bits per heavy atom. The quantitative estimate of drug-likeness (QED) is 0.643. The van der Waals surface area contributed by atoms with Crippen molar-refractivity contribution in [3.8, 4) is 0 Å². The van der Waals surface area contributed by atoms with E-state index in [9.17, 15) is 9.59 Å². The van der Waals surface area contributed by atoms with E-state index in [2.05, 4.69) is 5.32 Å². The van der Waals surface area contributed by atoms with Gasteiger partial charge in [0.25, 0.3) is 0 Å². The first-order valence-electron chi connectivity index (χ1n) is 7.41. The Kier molecular flexibility index (Phi) is 6.11. The first-order chi connectivity index (χ1) is 11.1. The largest absolute Gasteiger partial charge is 0.462 e. The van der Waals surface area contributed by atoms with Gasteiger partial charge in [0, 0.05) is 11.3 Å². The number of nitrogens with one attached hydrogen (secondary N) is 1. The van der Waals surface area contributed by atoms with Gasteiger partial charge in [-0.05, 0) is 31.6 Å². The minimum atomic E-state index is -0.418. The van der Waals surface area contributed by atoms with Crippen LogP contribution in [0.2, 0.25) is 0 Å². The smallest absolute Gasteiger partial charge is 0.341 e. The molecule has 0 saturated heterocycles. The Morgan fingerprint density at radius 3 is 2.65 bits per heavy atom. The topological polar surface area (TPSA) is 55.4 Å². The van der Waals surface area contributed by atoms with Gasteiger partial charge < -0.3 is 10.1 Å². The monoisotopic (exact) mass is 329 g/mol. The number of thiophene rings is 1. The number of ether oxygens (including phenoxy) is 1. The van der Waals surface area contributed by atoms with E-state index in [0.717, 1.165) is 10.4 Å². The van der Waals surface area contributed by atoms with Crippen LogP contribution in [0.3, 0.4) is 0 Å². The molecule has 0 fully saturated rings. The van der Waals surface area contributed by atoms with E-state index in [1.807, 2.05) is 30.3 Å². The summed E-state index contributed by atoms with van der Waals surface area (Å²) in [4.78, 5) is 24.9. The molecule has 1 amide bonds. The molecule has 1 N–H and O–H groups in total. The molecular formula is C18H19NO3S. The molecule has 0 bridgehead atoms. The van der Waals surface area contributed by atoms with Crippen LogP contribution in [0.15, 0.2) is 48.6 Å². The highest BCUT2D eigenvalue weighted by atomic mass is 32.1. The van der Waals surface area contributed by atoms with Crippen LogP contribution in [0.5, 0.6) is 0 Å². The van der Waals surface area contributed by atoms with Gasteiger partial charge in [0.15, 0.2) is 0 Å². The fourth-order valence-electron chi connectivity index (χ4n) is 2.08. The standard InChI is InChI=1S/C18H19NO3S/c1-3-8-16(20)19-17-15(18(21)22-4-2)12-14(23-17)11-13-9-6-5-7-10-13/h3,5-10,12H,4,11H2,1-2H3,(H,19,20)/b8-3+. The predicted molar refractivity (Wildman–Crippen MR) is 93.0 cm³/mol. The zero-order valence-corrected chi connectivity index (χ0v) is 14.0. The fraction of sp³-hybridized carbons (Fsp3) is 0.222. The molecule has 23 heavy (non-hydrogen) atoms. The summed E-state index contributed by atoms with van der Waals surface area (Å²) in [7, 11) is 0. The lowest BCUT2D eigenvalue weighted by Gasteiger charge is -2.03.